The summed E-state index contributed by atoms with van der Waals surface area (Å²) in [6.07, 6.45) is 8.77. The number of aryl methyl sites for hydroxylation is 6. The Morgan fingerprint density at radius 1 is 0.235 bits per heavy atom. The van der Waals surface area contributed by atoms with Crippen LogP contribution in [0.3, 0.4) is 0 Å². The standard InChI is InChI=1S/C66H54N2/c1-43-7-17-49(18-8-43)21-23-51-25-33-55(34-26-51)67(53-29-11-45(3)12-30-53)61-41-39-59-64-48(6)16-38-58-62(42-40-60(66(58)64)63-47(5)15-37-57(61)65(59)63)68(54-31-13-46(4)14-32-54)56-35-27-52(28-36-56)24-22-50-19-9-44(2)10-20-50/h7-42H,1-6H3/b23-21+,24-22+. The maximum atomic E-state index is 2.43. The summed E-state index contributed by atoms with van der Waals surface area (Å²) in [4.78, 5) is 4.86. The lowest BCUT2D eigenvalue weighted by atomic mass is 9.85. The van der Waals surface area contributed by atoms with Crippen LogP contribution in [0, 0.1) is 41.5 Å². The van der Waals surface area contributed by atoms with Crippen molar-refractivity contribution in [1.82, 2.24) is 0 Å². The molecule has 2 nitrogen and oxygen atoms in total. The molecule has 68 heavy (non-hydrogen) atoms. The smallest absolute Gasteiger partial charge is 0.0540 e. The van der Waals surface area contributed by atoms with Gasteiger partial charge in [-0.05, 0) is 168 Å². The molecule has 0 aliphatic carbocycles. The van der Waals surface area contributed by atoms with Gasteiger partial charge in [0.1, 0.15) is 0 Å². The summed E-state index contributed by atoms with van der Waals surface area (Å²) in [6.45, 7) is 13.1. The lowest BCUT2D eigenvalue weighted by Crippen LogP contribution is -2.11. The molecular weight excluding hydrogens is 821 g/mol. The average Bonchev–Trinajstić information content (AvgIpc) is 3.36. The van der Waals surface area contributed by atoms with Crippen LogP contribution in [0.1, 0.15) is 55.6 Å². The van der Waals surface area contributed by atoms with E-state index in [0.29, 0.717) is 0 Å². The van der Waals surface area contributed by atoms with E-state index >= 15 is 0 Å². The molecule has 328 valence electrons. The van der Waals surface area contributed by atoms with Crippen molar-refractivity contribution < 1.29 is 0 Å². The predicted molar refractivity (Wildman–Crippen MR) is 296 cm³/mol. The molecule has 0 atom stereocenters. The number of fused-ring (bicyclic) bond motifs is 2. The highest BCUT2D eigenvalue weighted by Gasteiger charge is 2.24. The zero-order valence-electron chi connectivity index (χ0n) is 39.7. The topological polar surface area (TPSA) is 6.48 Å². The van der Waals surface area contributed by atoms with Gasteiger partial charge in [0.2, 0.25) is 0 Å². The van der Waals surface area contributed by atoms with E-state index in [2.05, 4.69) is 270 Å². The van der Waals surface area contributed by atoms with E-state index < -0.39 is 0 Å². The van der Waals surface area contributed by atoms with Gasteiger partial charge in [0.25, 0.3) is 0 Å². The Kier molecular flexibility index (Phi) is 11.0. The van der Waals surface area contributed by atoms with Crippen LogP contribution in [-0.2, 0) is 0 Å². The van der Waals surface area contributed by atoms with Crippen molar-refractivity contribution in [2.45, 2.75) is 41.5 Å². The highest BCUT2D eigenvalue weighted by molar-refractivity contribution is 6.36. The maximum absolute atomic E-state index is 2.43. The van der Waals surface area contributed by atoms with E-state index in [9.17, 15) is 0 Å². The van der Waals surface area contributed by atoms with E-state index in [1.807, 2.05) is 0 Å². The van der Waals surface area contributed by atoms with Crippen molar-refractivity contribution in [2.75, 3.05) is 9.80 Å². The van der Waals surface area contributed by atoms with Gasteiger partial charge in [-0.15, -0.1) is 0 Å². The first-order valence-electron chi connectivity index (χ1n) is 23.7. The van der Waals surface area contributed by atoms with Crippen LogP contribution < -0.4 is 9.80 Å². The molecule has 0 radical (unpaired) electrons. The normalized spacial score (nSPS) is 11.9. The average molecular weight is 875 g/mol. The van der Waals surface area contributed by atoms with Crippen LogP contribution in [0.4, 0.5) is 34.1 Å². The largest absolute Gasteiger partial charge is 0.310 e. The third-order valence-corrected chi connectivity index (χ3v) is 13.7. The van der Waals surface area contributed by atoms with Gasteiger partial charge in [0, 0.05) is 33.5 Å². The highest BCUT2D eigenvalue weighted by Crippen LogP contribution is 2.50. The summed E-state index contributed by atoms with van der Waals surface area (Å²) < 4.78 is 0. The van der Waals surface area contributed by atoms with Crippen molar-refractivity contribution in [3.05, 3.63) is 250 Å². The maximum Gasteiger partial charge on any atom is 0.0540 e. The van der Waals surface area contributed by atoms with E-state index in [0.717, 1.165) is 45.3 Å². The Morgan fingerprint density at radius 2 is 0.485 bits per heavy atom. The summed E-state index contributed by atoms with van der Waals surface area (Å²) in [6, 6.07) is 71.9. The molecule has 0 spiro atoms. The van der Waals surface area contributed by atoms with E-state index in [1.54, 1.807) is 0 Å². The number of hydrogen-bond donors (Lipinski definition) is 0. The molecule has 0 aromatic heterocycles. The number of benzene rings is 11. The van der Waals surface area contributed by atoms with E-state index in [-0.39, 0.29) is 0 Å². The fourth-order valence-electron chi connectivity index (χ4n) is 10.0. The minimum absolute atomic E-state index is 1.12. The summed E-state index contributed by atoms with van der Waals surface area (Å²) >= 11 is 0. The van der Waals surface area contributed by atoms with Gasteiger partial charge in [-0.1, -0.05) is 180 Å². The van der Waals surface area contributed by atoms with E-state index in [1.165, 1.54) is 87.6 Å². The predicted octanol–water partition coefficient (Wildman–Crippen LogP) is 18.9. The molecular formula is C66H54N2. The molecule has 0 aliphatic rings. The van der Waals surface area contributed by atoms with Crippen molar-refractivity contribution in [2.24, 2.45) is 0 Å². The molecule has 2 heteroatoms. The second kappa shape index (κ2) is 17.5. The van der Waals surface area contributed by atoms with Gasteiger partial charge < -0.3 is 9.80 Å². The van der Waals surface area contributed by atoms with Crippen LogP contribution in [0.15, 0.2) is 194 Å². The van der Waals surface area contributed by atoms with Gasteiger partial charge in [0.15, 0.2) is 0 Å². The molecule has 0 aliphatic heterocycles. The molecule has 0 bridgehead atoms. The lowest BCUT2D eigenvalue weighted by Gasteiger charge is -2.30. The first-order chi connectivity index (χ1) is 33.2. The summed E-state index contributed by atoms with van der Waals surface area (Å²) in [5.41, 5.74) is 19.1. The zero-order chi connectivity index (χ0) is 46.5. The Balaban J connectivity index is 1.06. The quantitative estimate of drug-likeness (QED) is 0.0767. The Morgan fingerprint density at radius 3 is 0.794 bits per heavy atom. The first-order valence-corrected chi connectivity index (χ1v) is 23.7. The van der Waals surface area contributed by atoms with Crippen molar-refractivity contribution in [3.63, 3.8) is 0 Å². The molecule has 0 heterocycles. The van der Waals surface area contributed by atoms with Gasteiger partial charge in [-0.2, -0.15) is 0 Å². The molecule has 0 amide bonds. The summed E-state index contributed by atoms with van der Waals surface area (Å²) in [7, 11) is 0. The third kappa shape index (κ3) is 7.88. The molecule has 11 aromatic rings. The van der Waals surface area contributed by atoms with Gasteiger partial charge in [-0.3, -0.25) is 0 Å². The first kappa shape index (κ1) is 42.4. The minimum Gasteiger partial charge on any atom is -0.310 e. The monoisotopic (exact) mass is 874 g/mol. The lowest BCUT2D eigenvalue weighted by molar-refractivity contribution is 1.29. The second-order valence-electron chi connectivity index (χ2n) is 18.6. The van der Waals surface area contributed by atoms with Crippen LogP contribution in [-0.4, -0.2) is 0 Å². The van der Waals surface area contributed by atoms with Crippen molar-refractivity contribution >= 4 is 102 Å². The molecule has 0 unspecified atom stereocenters. The molecule has 0 fully saturated rings. The SMILES string of the molecule is Cc1ccc(/C=C/c2ccc(N(c3ccc(C)cc3)c3ccc4c5c(C)ccc6c(N(c7ccc(C)cc7)c7ccc(/C=C/c8ccc(C)cc8)cc7)ccc(c7c(C)ccc3c47)c65)cc2)cc1. The number of hydrogen-bond acceptors (Lipinski definition) is 2. The third-order valence-electron chi connectivity index (χ3n) is 13.7. The van der Waals surface area contributed by atoms with Gasteiger partial charge in [-0.25, -0.2) is 0 Å². The molecule has 0 saturated carbocycles. The molecule has 11 aromatic carbocycles. The minimum atomic E-state index is 1.12. The van der Waals surface area contributed by atoms with Gasteiger partial charge >= 0.3 is 0 Å². The van der Waals surface area contributed by atoms with Crippen molar-refractivity contribution in [3.8, 4) is 0 Å². The Labute approximate surface area is 400 Å². The highest BCUT2D eigenvalue weighted by atomic mass is 15.1. The second-order valence-corrected chi connectivity index (χ2v) is 18.6. The molecule has 0 N–H and O–H groups in total. The number of rotatable bonds is 10. The number of nitrogens with zero attached hydrogens (tertiary/aromatic N) is 2. The van der Waals surface area contributed by atoms with Crippen LogP contribution in [0.25, 0.3) is 67.4 Å². The number of anilines is 6. The van der Waals surface area contributed by atoms with Crippen molar-refractivity contribution in [1.29, 1.82) is 0 Å². The van der Waals surface area contributed by atoms with Gasteiger partial charge in [0.05, 0.1) is 11.4 Å². The Bertz CT molecular complexity index is 3420. The zero-order valence-corrected chi connectivity index (χ0v) is 39.7. The Hall–Kier alpha value is -8.20. The fourth-order valence-corrected chi connectivity index (χ4v) is 10.0. The molecule has 11 rings (SSSR count). The van der Waals surface area contributed by atoms with E-state index in [4.69, 9.17) is 0 Å². The fraction of sp³-hybridized carbons (Fsp3) is 0.0909. The van der Waals surface area contributed by atoms with Crippen LogP contribution in [0.2, 0.25) is 0 Å². The summed E-state index contributed by atoms with van der Waals surface area (Å²) in [5.74, 6) is 0. The van der Waals surface area contributed by atoms with Crippen LogP contribution in [0.5, 0.6) is 0 Å². The van der Waals surface area contributed by atoms with Crippen LogP contribution >= 0.6 is 0 Å². The summed E-state index contributed by atoms with van der Waals surface area (Å²) in [5, 5.41) is 10.2. The molecule has 0 saturated heterocycles.